The van der Waals surface area contributed by atoms with Crippen LogP contribution < -0.4 is 10.6 Å². The fourth-order valence-electron chi connectivity index (χ4n) is 2.70. The maximum atomic E-state index is 12.1. The molecule has 0 aliphatic rings. The van der Waals surface area contributed by atoms with Crippen molar-refractivity contribution in [3.63, 3.8) is 0 Å². The van der Waals surface area contributed by atoms with Crippen molar-refractivity contribution in [3.8, 4) is 0 Å². The highest BCUT2D eigenvalue weighted by Gasteiger charge is 2.27. The number of guanidine groups is 1. The van der Waals surface area contributed by atoms with E-state index >= 15 is 0 Å². The van der Waals surface area contributed by atoms with Gasteiger partial charge in [0.05, 0.1) is 6.61 Å². The van der Waals surface area contributed by atoms with Gasteiger partial charge in [-0.1, -0.05) is 24.3 Å². The molecule has 0 unspecified atom stereocenters. The van der Waals surface area contributed by atoms with Crippen molar-refractivity contribution >= 4 is 5.96 Å². The Bertz CT molecular complexity index is 756. The first-order chi connectivity index (χ1) is 13.9. The Kier molecular flexibility index (Phi) is 8.98. The number of unbranched alkanes of at least 4 members (excludes halogenated alkanes) is 1. The largest absolute Gasteiger partial charge is 0.411 e. The van der Waals surface area contributed by atoms with Crippen LogP contribution in [0.1, 0.15) is 29.8 Å². The van der Waals surface area contributed by atoms with Crippen LogP contribution in [0.2, 0.25) is 0 Å². The first kappa shape index (κ1) is 22.7. The summed E-state index contributed by atoms with van der Waals surface area (Å²) in [5.41, 5.74) is 1.71. The van der Waals surface area contributed by atoms with Gasteiger partial charge >= 0.3 is 6.18 Å². The molecule has 0 spiro atoms. The minimum absolute atomic E-state index is 0.0605. The molecule has 0 saturated heterocycles. The van der Waals surface area contributed by atoms with Crippen molar-refractivity contribution in [2.24, 2.45) is 4.99 Å². The number of nitrogens with zero attached hydrogens (tertiary/aromatic N) is 3. The molecule has 2 N–H and O–H groups in total. The Balaban J connectivity index is 1.63. The van der Waals surface area contributed by atoms with Gasteiger partial charge in [0.2, 0.25) is 0 Å². The molecular weight excluding hydrogens is 383 g/mol. The average molecular weight is 411 g/mol. The van der Waals surface area contributed by atoms with E-state index in [9.17, 15) is 13.2 Å². The first-order valence-electron chi connectivity index (χ1n) is 9.52. The third kappa shape index (κ3) is 8.99. The first-order valence-corrected chi connectivity index (χ1v) is 9.52. The zero-order valence-electron chi connectivity index (χ0n) is 16.8. The number of hydrogen-bond acceptors (Lipinski definition) is 3. The molecule has 0 amide bonds. The van der Waals surface area contributed by atoms with Gasteiger partial charge in [0, 0.05) is 39.1 Å². The lowest BCUT2D eigenvalue weighted by Crippen LogP contribution is -2.37. The van der Waals surface area contributed by atoms with Gasteiger partial charge in [-0.25, -0.2) is 4.98 Å². The van der Waals surface area contributed by atoms with Gasteiger partial charge in [-0.05, 0) is 30.9 Å². The summed E-state index contributed by atoms with van der Waals surface area (Å²) in [5.74, 6) is 1.73. The molecule has 29 heavy (non-hydrogen) atoms. The number of alkyl halides is 3. The number of benzene rings is 1. The molecule has 0 saturated carbocycles. The number of imidazole rings is 1. The van der Waals surface area contributed by atoms with E-state index < -0.39 is 12.8 Å². The summed E-state index contributed by atoms with van der Waals surface area (Å²) < 4.78 is 43.1. The van der Waals surface area contributed by atoms with Crippen LogP contribution in [-0.2, 0) is 24.4 Å². The molecule has 1 aromatic carbocycles. The van der Waals surface area contributed by atoms with Gasteiger partial charge in [0.15, 0.2) is 5.96 Å². The second-order valence-corrected chi connectivity index (χ2v) is 6.65. The highest BCUT2D eigenvalue weighted by Crippen LogP contribution is 2.15. The van der Waals surface area contributed by atoms with Crippen molar-refractivity contribution in [1.82, 2.24) is 20.2 Å². The number of rotatable bonds is 10. The predicted molar refractivity (Wildman–Crippen MR) is 107 cm³/mol. The van der Waals surface area contributed by atoms with E-state index in [2.05, 4.69) is 29.9 Å². The summed E-state index contributed by atoms with van der Waals surface area (Å²) in [6.45, 7) is 3.01. The highest BCUT2D eigenvalue weighted by molar-refractivity contribution is 5.79. The fourth-order valence-corrected chi connectivity index (χ4v) is 2.70. The topological polar surface area (TPSA) is 63.5 Å². The molecule has 2 aromatic rings. The Morgan fingerprint density at radius 1 is 1.14 bits per heavy atom. The second kappa shape index (κ2) is 11.5. The van der Waals surface area contributed by atoms with Crippen LogP contribution in [0.4, 0.5) is 13.2 Å². The van der Waals surface area contributed by atoms with E-state index in [1.54, 1.807) is 25.4 Å². The van der Waals surface area contributed by atoms with E-state index in [1.165, 1.54) is 0 Å². The number of ether oxygens (including phenoxy) is 1. The van der Waals surface area contributed by atoms with Crippen LogP contribution >= 0.6 is 0 Å². The monoisotopic (exact) mass is 411 g/mol. The van der Waals surface area contributed by atoms with Crippen molar-refractivity contribution in [2.45, 2.75) is 45.6 Å². The van der Waals surface area contributed by atoms with E-state index in [4.69, 9.17) is 0 Å². The number of hydrogen-bond donors (Lipinski definition) is 2. The molecule has 0 aliphatic carbocycles. The third-order valence-electron chi connectivity index (χ3n) is 4.28. The Labute approximate surface area is 169 Å². The molecule has 1 aromatic heterocycles. The molecule has 0 fully saturated rings. The minimum Gasteiger partial charge on any atom is -0.367 e. The molecule has 0 radical (unpaired) electrons. The molecule has 1 heterocycles. The smallest absolute Gasteiger partial charge is 0.367 e. The summed E-state index contributed by atoms with van der Waals surface area (Å²) in [5, 5.41) is 6.50. The zero-order valence-corrected chi connectivity index (χ0v) is 16.8. The van der Waals surface area contributed by atoms with E-state index in [-0.39, 0.29) is 6.61 Å². The van der Waals surface area contributed by atoms with Crippen LogP contribution in [-0.4, -0.2) is 41.9 Å². The van der Waals surface area contributed by atoms with Gasteiger partial charge in [-0.3, -0.25) is 4.99 Å². The highest BCUT2D eigenvalue weighted by atomic mass is 19.4. The molecule has 0 atom stereocenters. The number of halogens is 3. The summed E-state index contributed by atoms with van der Waals surface area (Å²) in [6, 6.07) is 7.25. The maximum absolute atomic E-state index is 12.1. The van der Waals surface area contributed by atoms with Gasteiger partial charge < -0.3 is 19.9 Å². The number of aromatic nitrogens is 2. The molecular formula is C20H28F3N5O. The lowest BCUT2D eigenvalue weighted by Gasteiger charge is -2.13. The number of aliphatic imine (C=N–C) groups is 1. The Morgan fingerprint density at radius 2 is 1.86 bits per heavy atom. The predicted octanol–water partition coefficient (Wildman–Crippen LogP) is 3.42. The summed E-state index contributed by atoms with van der Waals surface area (Å²) in [7, 11) is 1.71. The van der Waals surface area contributed by atoms with Gasteiger partial charge in [0.25, 0.3) is 0 Å². The fraction of sp³-hybridized carbons (Fsp3) is 0.500. The molecule has 6 nitrogen and oxygen atoms in total. The standard InChI is InChI=1S/C20H28F3N5O/c1-16-25-10-12-28(16)11-4-3-9-26-19(24-2)27-13-17-5-7-18(8-6-17)14-29-15-20(21,22)23/h5-8,10,12H,3-4,9,11,13-15H2,1-2H3,(H2,24,26,27). The Morgan fingerprint density at radius 3 is 2.48 bits per heavy atom. The van der Waals surface area contributed by atoms with Gasteiger partial charge in [0.1, 0.15) is 12.4 Å². The molecule has 0 aliphatic heterocycles. The van der Waals surface area contributed by atoms with E-state index in [1.807, 2.05) is 25.3 Å². The van der Waals surface area contributed by atoms with E-state index in [0.717, 1.165) is 37.3 Å². The van der Waals surface area contributed by atoms with Gasteiger partial charge in [-0.2, -0.15) is 13.2 Å². The molecule has 2 rings (SSSR count). The third-order valence-corrected chi connectivity index (χ3v) is 4.28. The molecule has 160 valence electrons. The number of nitrogens with one attached hydrogen (secondary N) is 2. The van der Waals surface area contributed by atoms with Crippen LogP contribution in [0.3, 0.4) is 0 Å². The summed E-state index contributed by atoms with van der Waals surface area (Å²) >= 11 is 0. The lowest BCUT2D eigenvalue weighted by molar-refractivity contribution is -0.176. The molecule has 0 bridgehead atoms. The van der Waals surface area contributed by atoms with Crippen LogP contribution in [0.25, 0.3) is 0 Å². The van der Waals surface area contributed by atoms with E-state index in [0.29, 0.717) is 18.1 Å². The SMILES string of the molecule is CN=C(NCCCCn1ccnc1C)NCc1ccc(COCC(F)(F)F)cc1. The lowest BCUT2D eigenvalue weighted by atomic mass is 10.1. The summed E-state index contributed by atoms with van der Waals surface area (Å²) in [4.78, 5) is 8.40. The number of aryl methyl sites for hydroxylation is 2. The maximum Gasteiger partial charge on any atom is 0.411 e. The quantitative estimate of drug-likeness (QED) is 0.357. The van der Waals surface area contributed by atoms with Crippen LogP contribution in [0.15, 0.2) is 41.7 Å². The summed E-state index contributed by atoms with van der Waals surface area (Å²) in [6.07, 6.45) is 1.54. The van der Waals surface area contributed by atoms with Gasteiger partial charge in [-0.15, -0.1) is 0 Å². The normalized spacial score (nSPS) is 12.2. The zero-order chi connectivity index (χ0) is 21.1. The van der Waals surface area contributed by atoms with Crippen LogP contribution in [0.5, 0.6) is 0 Å². The second-order valence-electron chi connectivity index (χ2n) is 6.65. The van der Waals surface area contributed by atoms with Crippen LogP contribution in [0, 0.1) is 6.92 Å². The average Bonchev–Trinajstić information content (AvgIpc) is 3.09. The molecule has 9 heteroatoms. The van der Waals surface area contributed by atoms with Crippen molar-refractivity contribution in [3.05, 3.63) is 53.6 Å². The minimum atomic E-state index is -4.30. The van der Waals surface area contributed by atoms with Crippen molar-refractivity contribution in [1.29, 1.82) is 0 Å². The van der Waals surface area contributed by atoms with Crippen molar-refractivity contribution in [2.75, 3.05) is 20.2 Å². The Hall–Kier alpha value is -2.55. The van der Waals surface area contributed by atoms with Crippen molar-refractivity contribution < 1.29 is 17.9 Å².